The first kappa shape index (κ1) is 22.1. The molecule has 30 heavy (non-hydrogen) atoms. The second-order valence-electron chi connectivity index (χ2n) is 7.31. The van der Waals surface area contributed by atoms with Crippen LogP contribution in [-0.2, 0) is 14.8 Å². The molecule has 1 N–H and O–H groups in total. The van der Waals surface area contributed by atoms with E-state index in [0.717, 1.165) is 31.0 Å². The Balaban J connectivity index is 1.64. The first-order valence-electron chi connectivity index (χ1n) is 9.85. The van der Waals surface area contributed by atoms with Gasteiger partial charge in [0.05, 0.1) is 10.5 Å². The Bertz CT molecular complexity index is 1030. The lowest BCUT2D eigenvalue weighted by Gasteiger charge is -2.22. The van der Waals surface area contributed by atoms with Crippen molar-refractivity contribution < 1.29 is 27.1 Å². The minimum Gasteiger partial charge on any atom is -0.454 e. The van der Waals surface area contributed by atoms with Crippen LogP contribution in [0.4, 0.5) is 4.39 Å². The van der Waals surface area contributed by atoms with Gasteiger partial charge in [-0.2, -0.15) is 0 Å². The van der Waals surface area contributed by atoms with Gasteiger partial charge in [-0.25, -0.2) is 22.3 Å². The Morgan fingerprint density at radius 1 is 1.07 bits per heavy atom. The standard InChI is InChI=1S/C22H24FNO5S/c1-24-30(27,28)18-11-12-20(23)19(13-18)22(26)29-14-21(25)17-9-7-16(8-10-17)15-5-3-2-4-6-15/h7-13,15,24H,2-6,14H2,1H3. The number of sulfonamides is 1. The largest absolute Gasteiger partial charge is 0.454 e. The molecule has 0 aliphatic heterocycles. The first-order valence-corrected chi connectivity index (χ1v) is 11.3. The predicted molar refractivity (Wildman–Crippen MR) is 110 cm³/mol. The maximum Gasteiger partial charge on any atom is 0.341 e. The molecule has 2 aromatic rings. The van der Waals surface area contributed by atoms with E-state index in [1.807, 2.05) is 12.1 Å². The molecule has 0 unspecified atom stereocenters. The molecular weight excluding hydrogens is 409 g/mol. The number of carbonyl (C=O) groups excluding carboxylic acids is 2. The van der Waals surface area contributed by atoms with E-state index in [0.29, 0.717) is 11.5 Å². The van der Waals surface area contributed by atoms with Gasteiger partial charge in [-0.3, -0.25) is 4.79 Å². The van der Waals surface area contributed by atoms with Crippen LogP contribution in [0.15, 0.2) is 47.4 Å². The van der Waals surface area contributed by atoms with Gasteiger partial charge in [0, 0.05) is 5.56 Å². The molecule has 8 heteroatoms. The number of halogens is 1. The normalized spacial score (nSPS) is 15.0. The minimum atomic E-state index is -3.85. The molecule has 6 nitrogen and oxygen atoms in total. The molecule has 160 valence electrons. The third-order valence-corrected chi connectivity index (χ3v) is 6.79. The summed E-state index contributed by atoms with van der Waals surface area (Å²) in [7, 11) is -2.65. The van der Waals surface area contributed by atoms with E-state index in [-0.39, 0.29) is 4.90 Å². The molecule has 1 saturated carbocycles. The van der Waals surface area contributed by atoms with Crippen molar-refractivity contribution in [3.05, 3.63) is 65.0 Å². The SMILES string of the molecule is CNS(=O)(=O)c1ccc(F)c(C(=O)OCC(=O)c2ccc(C3CCCCC3)cc2)c1. The molecule has 0 aromatic heterocycles. The molecule has 0 radical (unpaired) electrons. The summed E-state index contributed by atoms with van der Waals surface area (Å²) < 4.78 is 44.7. The number of nitrogens with one attached hydrogen (secondary N) is 1. The monoisotopic (exact) mass is 433 g/mol. The number of Topliss-reactive ketones (excluding diaryl/α,β-unsaturated/α-hetero) is 1. The highest BCUT2D eigenvalue weighted by Gasteiger charge is 2.21. The number of esters is 1. The number of hydrogen-bond acceptors (Lipinski definition) is 5. The average molecular weight is 434 g/mol. The van der Waals surface area contributed by atoms with Crippen LogP contribution in [0.2, 0.25) is 0 Å². The fourth-order valence-corrected chi connectivity index (χ4v) is 4.37. The van der Waals surface area contributed by atoms with Crippen molar-refractivity contribution in [1.82, 2.24) is 4.72 Å². The van der Waals surface area contributed by atoms with Crippen molar-refractivity contribution in [3.63, 3.8) is 0 Å². The molecule has 0 amide bonds. The quantitative estimate of drug-likeness (QED) is 0.530. The molecule has 1 aliphatic carbocycles. The zero-order valence-electron chi connectivity index (χ0n) is 16.7. The highest BCUT2D eigenvalue weighted by atomic mass is 32.2. The van der Waals surface area contributed by atoms with E-state index in [1.165, 1.54) is 31.9 Å². The van der Waals surface area contributed by atoms with Crippen molar-refractivity contribution >= 4 is 21.8 Å². The summed E-state index contributed by atoms with van der Waals surface area (Å²) in [5.41, 5.74) is 1.05. The molecule has 2 aromatic carbocycles. The van der Waals surface area contributed by atoms with Crippen LogP contribution < -0.4 is 4.72 Å². The Morgan fingerprint density at radius 3 is 2.37 bits per heavy atom. The number of rotatable bonds is 7. The van der Waals surface area contributed by atoms with Gasteiger partial charge >= 0.3 is 5.97 Å². The van der Waals surface area contributed by atoms with Gasteiger partial charge in [-0.15, -0.1) is 0 Å². The van der Waals surface area contributed by atoms with Gasteiger partial charge in [-0.1, -0.05) is 43.5 Å². The molecule has 1 fully saturated rings. The van der Waals surface area contributed by atoms with E-state index in [4.69, 9.17) is 4.74 Å². The van der Waals surface area contributed by atoms with Crippen molar-refractivity contribution in [1.29, 1.82) is 0 Å². The zero-order valence-corrected chi connectivity index (χ0v) is 17.5. The molecular formula is C22H24FNO5S. The third kappa shape index (κ3) is 5.12. The summed E-state index contributed by atoms with van der Waals surface area (Å²) in [6.45, 7) is -0.565. The van der Waals surface area contributed by atoms with E-state index in [2.05, 4.69) is 4.72 Å². The smallest absolute Gasteiger partial charge is 0.341 e. The van der Waals surface area contributed by atoms with Crippen LogP contribution in [0, 0.1) is 5.82 Å². The van der Waals surface area contributed by atoms with E-state index in [1.54, 1.807) is 12.1 Å². The summed E-state index contributed by atoms with van der Waals surface area (Å²) in [5.74, 6) is -1.94. The lowest BCUT2D eigenvalue weighted by Crippen LogP contribution is -2.20. The summed E-state index contributed by atoms with van der Waals surface area (Å²) >= 11 is 0. The van der Waals surface area contributed by atoms with E-state index < -0.39 is 39.8 Å². The molecule has 3 rings (SSSR count). The van der Waals surface area contributed by atoms with Crippen molar-refractivity contribution in [2.75, 3.05) is 13.7 Å². The molecule has 0 saturated heterocycles. The van der Waals surface area contributed by atoms with Gasteiger partial charge in [0.1, 0.15) is 5.82 Å². The van der Waals surface area contributed by atoms with Gasteiger partial charge in [0.15, 0.2) is 12.4 Å². The summed E-state index contributed by atoms with van der Waals surface area (Å²) in [6, 6.07) is 10.1. The minimum absolute atomic E-state index is 0.275. The highest BCUT2D eigenvalue weighted by molar-refractivity contribution is 7.89. The lowest BCUT2D eigenvalue weighted by molar-refractivity contribution is 0.0470. The first-order chi connectivity index (χ1) is 14.3. The van der Waals surface area contributed by atoms with Gasteiger partial charge in [0.2, 0.25) is 10.0 Å². The van der Waals surface area contributed by atoms with Crippen LogP contribution in [-0.4, -0.2) is 33.8 Å². The number of carbonyl (C=O) groups is 2. The van der Waals surface area contributed by atoms with Crippen molar-refractivity contribution in [2.24, 2.45) is 0 Å². The Kier molecular flexibility index (Phi) is 6.99. The number of ketones is 1. The molecule has 0 spiro atoms. The molecule has 0 heterocycles. The maximum atomic E-state index is 14.0. The van der Waals surface area contributed by atoms with E-state index >= 15 is 0 Å². The average Bonchev–Trinajstić information content (AvgIpc) is 2.78. The van der Waals surface area contributed by atoms with Crippen LogP contribution in [0.3, 0.4) is 0 Å². The van der Waals surface area contributed by atoms with Crippen LogP contribution in [0.5, 0.6) is 0 Å². The van der Waals surface area contributed by atoms with Gasteiger partial charge in [-0.05, 0) is 49.6 Å². The molecule has 1 aliphatic rings. The van der Waals surface area contributed by atoms with Gasteiger partial charge < -0.3 is 4.74 Å². The van der Waals surface area contributed by atoms with Crippen molar-refractivity contribution in [3.8, 4) is 0 Å². The van der Waals surface area contributed by atoms with Crippen LogP contribution in [0.1, 0.15) is 64.3 Å². The number of hydrogen-bond donors (Lipinski definition) is 1. The Morgan fingerprint density at radius 2 is 1.73 bits per heavy atom. The predicted octanol–water partition coefficient (Wildman–Crippen LogP) is 3.82. The maximum absolute atomic E-state index is 14.0. The summed E-state index contributed by atoms with van der Waals surface area (Å²) in [5, 5.41) is 0. The van der Waals surface area contributed by atoms with Crippen molar-refractivity contribution in [2.45, 2.75) is 42.9 Å². The highest BCUT2D eigenvalue weighted by Crippen LogP contribution is 2.32. The van der Waals surface area contributed by atoms with Gasteiger partial charge in [0.25, 0.3) is 0 Å². The number of benzene rings is 2. The fraction of sp³-hybridized carbons (Fsp3) is 0.364. The topological polar surface area (TPSA) is 89.5 Å². The molecule has 0 bridgehead atoms. The second kappa shape index (κ2) is 9.49. The Hall–Kier alpha value is -2.58. The lowest BCUT2D eigenvalue weighted by atomic mass is 9.84. The summed E-state index contributed by atoms with van der Waals surface area (Å²) in [4.78, 5) is 24.3. The summed E-state index contributed by atoms with van der Waals surface area (Å²) in [6.07, 6.45) is 6.00. The fourth-order valence-electron chi connectivity index (χ4n) is 3.62. The van der Waals surface area contributed by atoms with Crippen LogP contribution >= 0.6 is 0 Å². The van der Waals surface area contributed by atoms with E-state index in [9.17, 15) is 22.4 Å². The number of ether oxygens (including phenoxy) is 1. The third-order valence-electron chi connectivity index (χ3n) is 5.38. The zero-order chi connectivity index (χ0) is 21.7. The molecule has 0 atom stereocenters. The Labute approximate surface area is 175 Å². The second-order valence-corrected chi connectivity index (χ2v) is 9.19. The van der Waals surface area contributed by atoms with Crippen LogP contribution in [0.25, 0.3) is 0 Å².